The van der Waals surface area contributed by atoms with E-state index in [4.69, 9.17) is 0 Å². The molecule has 8 heteroatoms. The highest BCUT2D eigenvalue weighted by atomic mass is 32.2. The molecule has 2 aromatic rings. The van der Waals surface area contributed by atoms with Gasteiger partial charge in [0.25, 0.3) is 0 Å². The molecule has 0 bridgehead atoms. The normalized spacial score (nSPS) is 16.6. The number of piperazine rings is 1. The standard InChI is InChI=1S/C22H29N5O2S/c1-15-7-8-18(16(2)13-15)23-20(28)14-30-21-17-5-4-6-19(17)27(22(29)24-21)26-11-9-25(3)10-12-26/h7-8,13H,4-6,9-12,14H2,1-3H3,(H,23,28). The van der Waals surface area contributed by atoms with Crippen molar-refractivity contribution in [3.63, 3.8) is 0 Å². The van der Waals surface area contributed by atoms with Gasteiger partial charge in [-0.05, 0) is 51.8 Å². The molecule has 1 aliphatic heterocycles. The van der Waals surface area contributed by atoms with E-state index < -0.39 is 0 Å². The number of fused-ring (bicyclic) bond motifs is 1. The molecular formula is C22H29N5O2S. The van der Waals surface area contributed by atoms with E-state index in [1.165, 1.54) is 17.3 Å². The fraction of sp³-hybridized carbons (Fsp3) is 0.500. The Morgan fingerprint density at radius 3 is 2.67 bits per heavy atom. The van der Waals surface area contributed by atoms with Crippen LogP contribution in [0.15, 0.2) is 28.0 Å². The molecule has 1 saturated heterocycles. The molecular weight excluding hydrogens is 398 g/mol. The quantitative estimate of drug-likeness (QED) is 0.581. The second kappa shape index (κ2) is 8.81. The Morgan fingerprint density at radius 2 is 1.93 bits per heavy atom. The molecule has 0 saturated carbocycles. The summed E-state index contributed by atoms with van der Waals surface area (Å²) in [7, 11) is 2.10. The monoisotopic (exact) mass is 427 g/mol. The number of likely N-dealkylation sites (N-methyl/N-ethyl adjacent to an activating group) is 1. The third kappa shape index (κ3) is 4.39. The Hall–Kier alpha value is -2.32. The molecule has 1 aromatic heterocycles. The van der Waals surface area contributed by atoms with Crippen LogP contribution in [0.2, 0.25) is 0 Å². The van der Waals surface area contributed by atoms with Gasteiger partial charge in [0.05, 0.1) is 11.4 Å². The Morgan fingerprint density at radius 1 is 1.17 bits per heavy atom. The van der Waals surface area contributed by atoms with Crippen LogP contribution in [-0.2, 0) is 17.6 Å². The average molecular weight is 428 g/mol. The predicted octanol–water partition coefficient (Wildman–Crippen LogP) is 1.96. The van der Waals surface area contributed by atoms with Crippen LogP contribution in [0.3, 0.4) is 0 Å². The highest BCUT2D eigenvalue weighted by Gasteiger charge is 2.26. The third-order valence-electron chi connectivity index (χ3n) is 5.84. The van der Waals surface area contributed by atoms with E-state index in [1.807, 2.05) is 26.0 Å². The number of carbonyl (C=O) groups is 1. The highest BCUT2D eigenvalue weighted by molar-refractivity contribution is 8.00. The lowest BCUT2D eigenvalue weighted by molar-refractivity contribution is -0.113. The number of amides is 1. The topological polar surface area (TPSA) is 70.5 Å². The minimum Gasteiger partial charge on any atom is -0.325 e. The van der Waals surface area contributed by atoms with Crippen LogP contribution in [0.5, 0.6) is 0 Å². The van der Waals surface area contributed by atoms with Crippen LogP contribution in [0.25, 0.3) is 0 Å². The summed E-state index contributed by atoms with van der Waals surface area (Å²) in [4.78, 5) is 32.0. The number of aryl methyl sites for hydroxylation is 2. The molecule has 0 spiro atoms. The zero-order valence-electron chi connectivity index (χ0n) is 17.9. The van der Waals surface area contributed by atoms with Crippen LogP contribution in [0.1, 0.15) is 28.8 Å². The average Bonchev–Trinajstić information content (AvgIpc) is 3.19. The molecule has 160 valence electrons. The minimum absolute atomic E-state index is 0.0799. The van der Waals surface area contributed by atoms with Crippen molar-refractivity contribution < 1.29 is 4.79 Å². The van der Waals surface area contributed by atoms with Crippen molar-refractivity contribution in [1.82, 2.24) is 14.6 Å². The summed E-state index contributed by atoms with van der Waals surface area (Å²) in [6.07, 6.45) is 2.83. The lowest BCUT2D eigenvalue weighted by Gasteiger charge is -2.35. The lowest BCUT2D eigenvalue weighted by Crippen LogP contribution is -2.54. The highest BCUT2D eigenvalue weighted by Crippen LogP contribution is 2.29. The molecule has 4 rings (SSSR count). The van der Waals surface area contributed by atoms with E-state index in [1.54, 1.807) is 4.68 Å². The summed E-state index contributed by atoms with van der Waals surface area (Å²) >= 11 is 1.37. The zero-order valence-corrected chi connectivity index (χ0v) is 18.7. The summed E-state index contributed by atoms with van der Waals surface area (Å²) in [6, 6.07) is 5.97. The van der Waals surface area contributed by atoms with Gasteiger partial charge < -0.3 is 15.2 Å². The van der Waals surface area contributed by atoms with Crippen molar-refractivity contribution >= 4 is 23.4 Å². The van der Waals surface area contributed by atoms with Crippen molar-refractivity contribution in [1.29, 1.82) is 0 Å². The number of hydrogen-bond acceptors (Lipinski definition) is 6. The van der Waals surface area contributed by atoms with Gasteiger partial charge in [-0.25, -0.2) is 9.47 Å². The van der Waals surface area contributed by atoms with Gasteiger partial charge in [-0.3, -0.25) is 4.79 Å². The summed E-state index contributed by atoms with van der Waals surface area (Å²) in [6.45, 7) is 7.56. The summed E-state index contributed by atoms with van der Waals surface area (Å²) in [5, 5.41) is 5.82. The van der Waals surface area contributed by atoms with Crippen LogP contribution < -0.4 is 16.0 Å². The van der Waals surface area contributed by atoms with Crippen molar-refractivity contribution in [3.05, 3.63) is 51.1 Å². The molecule has 7 nitrogen and oxygen atoms in total. The number of nitrogens with one attached hydrogen (secondary N) is 1. The smallest absolute Gasteiger partial charge is 0.325 e. The molecule has 2 aliphatic rings. The maximum absolute atomic E-state index is 12.9. The van der Waals surface area contributed by atoms with E-state index in [9.17, 15) is 9.59 Å². The number of thioether (sulfide) groups is 1. The first-order valence-corrected chi connectivity index (χ1v) is 11.5. The molecule has 0 radical (unpaired) electrons. The number of nitrogens with zero attached hydrogens (tertiary/aromatic N) is 4. The Bertz CT molecular complexity index is 1010. The molecule has 1 N–H and O–H groups in total. The Kier molecular flexibility index (Phi) is 6.15. The van der Waals surface area contributed by atoms with Gasteiger partial charge in [-0.15, -0.1) is 0 Å². The van der Waals surface area contributed by atoms with Crippen LogP contribution in [0.4, 0.5) is 5.69 Å². The van der Waals surface area contributed by atoms with Gasteiger partial charge in [-0.2, -0.15) is 4.98 Å². The van der Waals surface area contributed by atoms with Gasteiger partial charge >= 0.3 is 5.69 Å². The number of benzene rings is 1. The van der Waals surface area contributed by atoms with Gasteiger partial charge in [0, 0.05) is 37.4 Å². The first kappa shape index (κ1) is 20.9. The molecule has 1 aromatic carbocycles. The fourth-order valence-electron chi connectivity index (χ4n) is 4.19. The molecule has 0 atom stereocenters. The van der Waals surface area contributed by atoms with Gasteiger partial charge in [-0.1, -0.05) is 29.5 Å². The first-order chi connectivity index (χ1) is 14.4. The molecule has 0 unspecified atom stereocenters. The van der Waals surface area contributed by atoms with Gasteiger partial charge in [0.2, 0.25) is 5.91 Å². The van der Waals surface area contributed by atoms with E-state index >= 15 is 0 Å². The second-order valence-corrected chi connectivity index (χ2v) is 9.17. The van der Waals surface area contributed by atoms with Crippen LogP contribution >= 0.6 is 11.8 Å². The largest absolute Gasteiger partial charge is 0.367 e. The number of hydrogen-bond donors (Lipinski definition) is 1. The molecule has 1 fully saturated rings. The van der Waals surface area contributed by atoms with Gasteiger partial charge in [0.1, 0.15) is 5.03 Å². The van der Waals surface area contributed by atoms with E-state index in [-0.39, 0.29) is 17.3 Å². The van der Waals surface area contributed by atoms with Crippen molar-refractivity contribution in [2.45, 2.75) is 38.1 Å². The number of anilines is 1. The van der Waals surface area contributed by atoms with Crippen molar-refractivity contribution in [3.8, 4) is 0 Å². The maximum Gasteiger partial charge on any atom is 0.367 e. The lowest BCUT2D eigenvalue weighted by atomic mass is 10.1. The fourth-order valence-corrected chi connectivity index (χ4v) is 5.07. The minimum atomic E-state index is -0.225. The van der Waals surface area contributed by atoms with Crippen molar-refractivity contribution in [2.75, 3.05) is 49.3 Å². The Labute approximate surface area is 181 Å². The third-order valence-corrected chi connectivity index (χ3v) is 6.86. The van der Waals surface area contributed by atoms with Crippen LogP contribution in [0, 0.1) is 13.8 Å². The van der Waals surface area contributed by atoms with E-state index in [0.717, 1.165) is 67.9 Å². The molecule has 2 heterocycles. The van der Waals surface area contributed by atoms with Crippen LogP contribution in [-0.4, -0.2) is 59.4 Å². The molecule has 1 amide bonds. The number of aromatic nitrogens is 2. The SMILES string of the molecule is Cc1ccc(NC(=O)CSc2nc(=O)n(N3CCN(C)CC3)c3c2CCC3)c(C)c1. The summed E-state index contributed by atoms with van der Waals surface area (Å²) in [5.41, 5.74) is 5.03. The maximum atomic E-state index is 12.9. The first-order valence-electron chi connectivity index (χ1n) is 10.5. The Balaban J connectivity index is 1.48. The number of rotatable bonds is 5. The summed E-state index contributed by atoms with van der Waals surface area (Å²) in [5.74, 6) is 0.161. The van der Waals surface area contributed by atoms with E-state index in [0.29, 0.717) is 5.03 Å². The summed E-state index contributed by atoms with van der Waals surface area (Å²) < 4.78 is 1.80. The molecule has 1 aliphatic carbocycles. The van der Waals surface area contributed by atoms with Crippen molar-refractivity contribution in [2.24, 2.45) is 0 Å². The second-order valence-electron chi connectivity index (χ2n) is 8.20. The number of carbonyl (C=O) groups excluding carboxylic acids is 1. The predicted molar refractivity (Wildman–Crippen MR) is 121 cm³/mol. The van der Waals surface area contributed by atoms with E-state index in [2.05, 4.69) is 33.3 Å². The zero-order chi connectivity index (χ0) is 21.3. The molecule has 30 heavy (non-hydrogen) atoms. The van der Waals surface area contributed by atoms with Gasteiger partial charge in [0.15, 0.2) is 0 Å².